The van der Waals surface area contributed by atoms with Crippen molar-refractivity contribution in [3.8, 4) is 11.5 Å². The van der Waals surface area contributed by atoms with Crippen molar-refractivity contribution in [2.24, 2.45) is 0 Å². The van der Waals surface area contributed by atoms with Gasteiger partial charge < -0.3 is 18.9 Å². The van der Waals surface area contributed by atoms with Crippen LogP contribution >= 0.6 is 0 Å². The first-order chi connectivity index (χ1) is 14.5. The molecule has 1 N–H and O–H groups in total. The van der Waals surface area contributed by atoms with E-state index in [1.165, 1.54) is 6.92 Å². The van der Waals surface area contributed by atoms with Crippen LogP contribution < -0.4 is 14.2 Å². The Morgan fingerprint density at radius 3 is 2.32 bits per heavy atom. The maximum atomic E-state index is 12.3. The smallest absolute Gasteiger partial charge is 0.387 e. The fourth-order valence-electron chi connectivity index (χ4n) is 1.97. The molecule has 0 unspecified atom stereocenters. The third-order valence-corrected chi connectivity index (χ3v) is 4.76. The highest BCUT2D eigenvalue weighted by atomic mass is 32.2. The number of alkyl halides is 2. The van der Waals surface area contributed by atoms with Crippen molar-refractivity contribution >= 4 is 27.9 Å². The Morgan fingerprint density at radius 1 is 1.10 bits per heavy atom. The molecule has 10 nitrogen and oxygen atoms in total. The molecule has 0 bridgehead atoms. The van der Waals surface area contributed by atoms with Crippen molar-refractivity contribution in [3.05, 3.63) is 30.4 Å². The topological polar surface area (TPSA) is 134 Å². The molecule has 0 spiro atoms. The maximum Gasteiger partial charge on any atom is 0.387 e. The Labute approximate surface area is 177 Å². The van der Waals surface area contributed by atoms with E-state index in [9.17, 15) is 31.6 Å². The summed E-state index contributed by atoms with van der Waals surface area (Å²) in [5.74, 6) is -3.14. The number of carbonyl (C=O) groups is 3. The standard InChI is InChI=1S/C18H21F2NO9S/c1-11(2)17(24)29-9-8-28-16(23)7-6-15(22)21-31(25,26)12-4-5-13(30-18(19)20)14(10-12)27-3/h4-5,10,18H,1,6-9H2,2-3H3,(H,21,22). The second-order valence-electron chi connectivity index (χ2n) is 5.86. The second-order valence-corrected chi connectivity index (χ2v) is 7.54. The quantitative estimate of drug-likeness (QED) is 0.277. The van der Waals surface area contributed by atoms with E-state index in [0.717, 1.165) is 25.3 Å². The summed E-state index contributed by atoms with van der Waals surface area (Å²) in [7, 11) is -3.25. The number of methoxy groups -OCH3 is 1. The number of nitrogens with one attached hydrogen (secondary N) is 1. The Bertz CT molecular complexity index is 932. The third-order valence-electron chi connectivity index (χ3n) is 3.39. The number of rotatable bonds is 12. The minimum absolute atomic E-state index is 0.179. The number of amides is 1. The summed E-state index contributed by atoms with van der Waals surface area (Å²) in [6, 6.07) is 2.78. The lowest BCUT2D eigenvalue weighted by atomic mass is 10.3. The molecule has 0 aliphatic rings. The zero-order valence-electron chi connectivity index (χ0n) is 16.7. The predicted molar refractivity (Wildman–Crippen MR) is 101 cm³/mol. The summed E-state index contributed by atoms with van der Waals surface area (Å²) in [5, 5.41) is 0. The molecule has 31 heavy (non-hydrogen) atoms. The highest BCUT2D eigenvalue weighted by Crippen LogP contribution is 2.31. The van der Waals surface area contributed by atoms with Crippen LogP contribution in [0.15, 0.2) is 35.2 Å². The Hall–Kier alpha value is -3.22. The molecule has 0 saturated carbocycles. The van der Waals surface area contributed by atoms with E-state index in [2.05, 4.69) is 11.3 Å². The minimum Gasteiger partial charge on any atom is -0.493 e. The van der Waals surface area contributed by atoms with Gasteiger partial charge in [0.25, 0.3) is 10.0 Å². The molecular formula is C18H21F2NO9S. The largest absolute Gasteiger partial charge is 0.493 e. The summed E-state index contributed by atoms with van der Waals surface area (Å²) in [5.41, 5.74) is 0.179. The predicted octanol–water partition coefficient (Wildman–Crippen LogP) is 1.54. The monoisotopic (exact) mass is 465 g/mol. The summed E-state index contributed by atoms with van der Waals surface area (Å²) in [6.07, 6.45) is -0.937. The Balaban J connectivity index is 2.56. The molecule has 1 amide bonds. The molecule has 1 aromatic carbocycles. The number of sulfonamides is 1. The lowest BCUT2D eigenvalue weighted by Gasteiger charge is -2.12. The van der Waals surface area contributed by atoms with Crippen LogP contribution in [0.2, 0.25) is 0 Å². The van der Waals surface area contributed by atoms with E-state index >= 15 is 0 Å². The van der Waals surface area contributed by atoms with Gasteiger partial charge in [-0.15, -0.1) is 0 Å². The van der Waals surface area contributed by atoms with Gasteiger partial charge in [-0.3, -0.25) is 9.59 Å². The fourth-order valence-corrected chi connectivity index (χ4v) is 3.00. The molecule has 1 rings (SSSR count). The molecule has 0 aliphatic carbocycles. The first-order valence-electron chi connectivity index (χ1n) is 8.63. The van der Waals surface area contributed by atoms with Gasteiger partial charge in [0.2, 0.25) is 5.91 Å². The van der Waals surface area contributed by atoms with Gasteiger partial charge in [0.15, 0.2) is 11.5 Å². The first-order valence-corrected chi connectivity index (χ1v) is 10.1. The summed E-state index contributed by atoms with van der Waals surface area (Å²) >= 11 is 0. The Morgan fingerprint density at radius 2 is 1.74 bits per heavy atom. The van der Waals surface area contributed by atoms with E-state index in [-0.39, 0.29) is 30.3 Å². The maximum absolute atomic E-state index is 12.3. The van der Waals surface area contributed by atoms with Crippen molar-refractivity contribution in [3.63, 3.8) is 0 Å². The number of halogens is 2. The van der Waals surface area contributed by atoms with Crippen molar-refractivity contribution in [1.29, 1.82) is 0 Å². The molecule has 1 aromatic rings. The van der Waals surface area contributed by atoms with Crippen LogP contribution in [0.1, 0.15) is 19.8 Å². The van der Waals surface area contributed by atoms with Crippen LogP contribution in [0, 0.1) is 0 Å². The number of carbonyl (C=O) groups excluding carboxylic acids is 3. The SMILES string of the molecule is C=C(C)C(=O)OCCOC(=O)CCC(=O)NS(=O)(=O)c1ccc(OC(F)F)c(OC)c1. The molecule has 0 radical (unpaired) electrons. The lowest BCUT2D eigenvalue weighted by molar-refractivity contribution is -0.150. The van der Waals surface area contributed by atoms with E-state index in [4.69, 9.17) is 14.2 Å². The van der Waals surface area contributed by atoms with Crippen LogP contribution in [0.4, 0.5) is 8.78 Å². The number of hydrogen-bond donors (Lipinski definition) is 1. The van der Waals surface area contributed by atoms with E-state index in [0.29, 0.717) is 0 Å². The third kappa shape index (κ3) is 8.99. The van der Waals surface area contributed by atoms with Gasteiger partial charge in [0.05, 0.1) is 18.4 Å². The molecule has 13 heteroatoms. The number of hydrogen-bond acceptors (Lipinski definition) is 9. The average molecular weight is 465 g/mol. The molecule has 0 aliphatic heterocycles. The zero-order valence-corrected chi connectivity index (χ0v) is 17.5. The van der Waals surface area contributed by atoms with Crippen molar-refractivity contribution in [1.82, 2.24) is 4.72 Å². The molecule has 0 atom stereocenters. The van der Waals surface area contributed by atoms with Crippen molar-refractivity contribution in [2.75, 3.05) is 20.3 Å². The summed E-state index contributed by atoms with van der Waals surface area (Å²) in [6.45, 7) is 1.23. The zero-order chi connectivity index (χ0) is 23.6. The fraction of sp³-hybridized carbons (Fsp3) is 0.389. The van der Waals surface area contributed by atoms with Crippen molar-refractivity contribution in [2.45, 2.75) is 31.3 Å². The van der Waals surface area contributed by atoms with Gasteiger partial charge in [0.1, 0.15) is 13.2 Å². The van der Waals surface area contributed by atoms with Crippen LogP contribution in [-0.4, -0.2) is 53.2 Å². The van der Waals surface area contributed by atoms with E-state index < -0.39 is 52.2 Å². The molecular weight excluding hydrogens is 444 g/mol. The molecule has 172 valence electrons. The Kier molecular flexibility index (Phi) is 9.86. The summed E-state index contributed by atoms with van der Waals surface area (Å²) < 4.78 is 69.4. The molecule has 0 saturated heterocycles. The summed E-state index contributed by atoms with van der Waals surface area (Å²) in [4.78, 5) is 34.1. The lowest BCUT2D eigenvalue weighted by Crippen LogP contribution is -2.31. The molecule has 0 fully saturated rings. The van der Waals surface area contributed by atoms with Gasteiger partial charge >= 0.3 is 18.6 Å². The molecule has 0 aromatic heterocycles. The van der Waals surface area contributed by atoms with Gasteiger partial charge in [-0.1, -0.05) is 6.58 Å². The highest BCUT2D eigenvalue weighted by Gasteiger charge is 2.21. The normalized spacial score (nSPS) is 10.9. The first kappa shape index (κ1) is 25.8. The van der Waals surface area contributed by atoms with Gasteiger partial charge in [-0.05, 0) is 19.1 Å². The minimum atomic E-state index is -4.36. The molecule has 0 heterocycles. The number of benzene rings is 1. The van der Waals surface area contributed by atoms with Gasteiger partial charge in [0, 0.05) is 18.1 Å². The van der Waals surface area contributed by atoms with Crippen LogP contribution in [0.5, 0.6) is 11.5 Å². The second kappa shape index (κ2) is 11.8. The van der Waals surface area contributed by atoms with Gasteiger partial charge in [-0.2, -0.15) is 8.78 Å². The van der Waals surface area contributed by atoms with Crippen LogP contribution in [0.3, 0.4) is 0 Å². The van der Waals surface area contributed by atoms with Crippen molar-refractivity contribution < 1.29 is 50.5 Å². The average Bonchev–Trinajstić information content (AvgIpc) is 2.68. The van der Waals surface area contributed by atoms with E-state index in [1.807, 2.05) is 0 Å². The highest BCUT2D eigenvalue weighted by molar-refractivity contribution is 7.90. The number of ether oxygens (including phenoxy) is 4. The van der Waals surface area contributed by atoms with Crippen LogP contribution in [-0.2, 0) is 33.9 Å². The van der Waals surface area contributed by atoms with Gasteiger partial charge in [-0.25, -0.2) is 17.9 Å². The number of esters is 2. The van der Waals surface area contributed by atoms with Crippen LogP contribution in [0.25, 0.3) is 0 Å². The van der Waals surface area contributed by atoms with E-state index in [1.54, 1.807) is 4.72 Å².